The standard InChI is InChI=1S/C17H31N3O2/c1-3-16(21)20-10-4-5-15(13-20)17(22)19-11-7-14(8-12-19)6-9-18-2/h14-15,18H,3-13H2,1-2H3. The van der Waals surface area contributed by atoms with Crippen molar-refractivity contribution in [3.8, 4) is 0 Å². The second-order valence-electron chi connectivity index (χ2n) is 6.69. The largest absolute Gasteiger partial charge is 0.342 e. The van der Waals surface area contributed by atoms with Gasteiger partial charge in [-0.1, -0.05) is 6.92 Å². The Bertz CT molecular complexity index is 378. The summed E-state index contributed by atoms with van der Waals surface area (Å²) in [6.45, 7) is 6.20. The van der Waals surface area contributed by atoms with Gasteiger partial charge in [0.05, 0.1) is 5.92 Å². The Kier molecular flexibility index (Phi) is 6.68. The molecule has 2 aliphatic heterocycles. The molecule has 2 heterocycles. The third kappa shape index (κ3) is 4.45. The average Bonchev–Trinajstić information content (AvgIpc) is 2.59. The lowest BCUT2D eigenvalue weighted by atomic mass is 9.91. The summed E-state index contributed by atoms with van der Waals surface area (Å²) in [6.07, 6.45) is 5.89. The number of carbonyl (C=O) groups is 2. The quantitative estimate of drug-likeness (QED) is 0.837. The summed E-state index contributed by atoms with van der Waals surface area (Å²) in [5.74, 6) is 1.24. The van der Waals surface area contributed by atoms with Crippen LogP contribution in [0.15, 0.2) is 0 Å². The highest BCUT2D eigenvalue weighted by Crippen LogP contribution is 2.24. The molecule has 1 N–H and O–H groups in total. The van der Waals surface area contributed by atoms with Gasteiger partial charge in [-0.15, -0.1) is 0 Å². The van der Waals surface area contributed by atoms with Gasteiger partial charge in [0, 0.05) is 32.6 Å². The first-order valence-electron chi connectivity index (χ1n) is 8.86. The van der Waals surface area contributed by atoms with Crippen LogP contribution in [-0.4, -0.2) is 61.4 Å². The summed E-state index contributed by atoms with van der Waals surface area (Å²) >= 11 is 0. The number of likely N-dealkylation sites (tertiary alicyclic amines) is 2. The normalized spacial score (nSPS) is 23.6. The van der Waals surface area contributed by atoms with E-state index in [0.29, 0.717) is 13.0 Å². The second-order valence-corrected chi connectivity index (χ2v) is 6.69. The third-order valence-corrected chi connectivity index (χ3v) is 5.15. The van der Waals surface area contributed by atoms with Gasteiger partial charge < -0.3 is 15.1 Å². The van der Waals surface area contributed by atoms with Gasteiger partial charge >= 0.3 is 0 Å². The third-order valence-electron chi connectivity index (χ3n) is 5.15. The zero-order valence-corrected chi connectivity index (χ0v) is 14.1. The van der Waals surface area contributed by atoms with Crippen LogP contribution in [-0.2, 0) is 9.59 Å². The number of carbonyl (C=O) groups excluding carboxylic acids is 2. The van der Waals surface area contributed by atoms with Gasteiger partial charge in [0.15, 0.2) is 0 Å². The summed E-state index contributed by atoms with van der Waals surface area (Å²) in [4.78, 5) is 28.5. The maximum absolute atomic E-state index is 12.7. The Hall–Kier alpha value is -1.10. The van der Waals surface area contributed by atoms with E-state index in [1.54, 1.807) is 0 Å². The van der Waals surface area contributed by atoms with Crippen LogP contribution in [0.5, 0.6) is 0 Å². The average molecular weight is 309 g/mol. The minimum atomic E-state index is 0.0260. The molecule has 0 radical (unpaired) electrons. The van der Waals surface area contributed by atoms with E-state index in [2.05, 4.69) is 5.32 Å². The summed E-state index contributed by atoms with van der Waals surface area (Å²) in [5.41, 5.74) is 0. The lowest BCUT2D eigenvalue weighted by molar-refractivity contribution is -0.141. The van der Waals surface area contributed by atoms with E-state index < -0.39 is 0 Å². The van der Waals surface area contributed by atoms with E-state index in [4.69, 9.17) is 0 Å². The zero-order valence-electron chi connectivity index (χ0n) is 14.1. The highest BCUT2D eigenvalue weighted by Gasteiger charge is 2.32. The van der Waals surface area contributed by atoms with Gasteiger partial charge in [-0.3, -0.25) is 9.59 Å². The molecule has 2 saturated heterocycles. The lowest BCUT2D eigenvalue weighted by Gasteiger charge is -2.38. The van der Waals surface area contributed by atoms with E-state index in [-0.39, 0.29) is 17.7 Å². The first kappa shape index (κ1) is 17.3. The van der Waals surface area contributed by atoms with Gasteiger partial charge in [0.25, 0.3) is 0 Å². The molecule has 0 aliphatic carbocycles. The van der Waals surface area contributed by atoms with Crippen molar-refractivity contribution in [2.75, 3.05) is 39.8 Å². The first-order chi connectivity index (χ1) is 10.7. The Morgan fingerprint density at radius 2 is 1.82 bits per heavy atom. The first-order valence-corrected chi connectivity index (χ1v) is 8.86. The van der Waals surface area contributed by atoms with Gasteiger partial charge in [-0.25, -0.2) is 0 Å². The van der Waals surface area contributed by atoms with Crippen LogP contribution in [0.4, 0.5) is 0 Å². The van der Waals surface area contributed by atoms with Crippen molar-refractivity contribution in [1.29, 1.82) is 0 Å². The van der Waals surface area contributed by atoms with E-state index in [1.807, 2.05) is 23.8 Å². The molecule has 5 heteroatoms. The van der Waals surface area contributed by atoms with Gasteiger partial charge in [-0.05, 0) is 51.6 Å². The van der Waals surface area contributed by atoms with Crippen molar-refractivity contribution in [2.45, 2.75) is 45.4 Å². The molecule has 0 aromatic carbocycles. The monoisotopic (exact) mass is 309 g/mol. The van der Waals surface area contributed by atoms with Crippen LogP contribution in [0.1, 0.15) is 45.4 Å². The number of hydrogen-bond acceptors (Lipinski definition) is 3. The highest BCUT2D eigenvalue weighted by molar-refractivity contribution is 5.81. The molecule has 2 amide bonds. The number of nitrogens with one attached hydrogen (secondary N) is 1. The number of amides is 2. The number of rotatable bonds is 5. The molecule has 0 aromatic heterocycles. The highest BCUT2D eigenvalue weighted by atomic mass is 16.2. The van der Waals surface area contributed by atoms with Gasteiger partial charge in [0.1, 0.15) is 0 Å². The molecule has 1 atom stereocenters. The maximum atomic E-state index is 12.7. The van der Waals surface area contributed by atoms with Crippen LogP contribution < -0.4 is 5.32 Å². The molecule has 2 fully saturated rings. The van der Waals surface area contributed by atoms with Crippen LogP contribution in [0.2, 0.25) is 0 Å². The van der Waals surface area contributed by atoms with Crippen molar-refractivity contribution in [3.05, 3.63) is 0 Å². The fraction of sp³-hybridized carbons (Fsp3) is 0.882. The molecular formula is C17H31N3O2. The number of nitrogens with zero attached hydrogens (tertiary/aromatic N) is 2. The van der Waals surface area contributed by atoms with E-state index in [9.17, 15) is 9.59 Å². The van der Waals surface area contributed by atoms with E-state index in [1.165, 1.54) is 6.42 Å². The van der Waals surface area contributed by atoms with Crippen LogP contribution in [0.25, 0.3) is 0 Å². The number of hydrogen-bond donors (Lipinski definition) is 1. The zero-order chi connectivity index (χ0) is 15.9. The Morgan fingerprint density at radius 3 is 2.45 bits per heavy atom. The molecule has 0 bridgehead atoms. The predicted molar refractivity (Wildman–Crippen MR) is 87.4 cm³/mol. The summed E-state index contributed by atoms with van der Waals surface area (Å²) in [6, 6.07) is 0. The second kappa shape index (κ2) is 8.51. The molecule has 0 aromatic rings. The van der Waals surface area contributed by atoms with Crippen LogP contribution in [0.3, 0.4) is 0 Å². The van der Waals surface area contributed by atoms with E-state index >= 15 is 0 Å². The minimum Gasteiger partial charge on any atom is -0.342 e. The number of piperidine rings is 2. The van der Waals surface area contributed by atoms with Gasteiger partial charge in [0.2, 0.25) is 11.8 Å². The summed E-state index contributed by atoms with van der Waals surface area (Å²) in [5, 5.41) is 3.20. The van der Waals surface area contributed by atoms with Crippen LogP contribution >= 0.6 is 0 Å². The molecule has 0 saturated carbocycles. The minimum absolute atomic E-state index is 0.0260. The smallest absolute Gasteiger partial charge is 0.227 e. The maximum Gasteiger partial charge on any atom is 0.227 e. The Morgan fingerprint density at radius 1 is 1.09 bits per heavy atom. The topological polar surface area (TPSA) is 52.7 Å². The Labute approximate surface area is 134 Å². The molecule has 22 heavy (non-hydrogen) atoms. The predicted octanol–water partition coefficient (Wildman–Crippen LogP) is 1.48. The van der Waals surface area contributed by atoms with Crippen molar-refractivity contribution in [2.24, 2.45) is 11.8 Å². The van der Waals surface area contributed by atoms with E-state index in [0.717, 1.165) is 57.8 Å². The molecule has 126 valence electrons. The summed E-state index contributed by atoms with van der Waals surface area (Å²) < 4.78 is 0. The van der Waals surface area contributed by atoms with Crippen molar-refractivity contribution < 1.29 is 9.59 Å². The molecule has 0 spiro atoms. The van der Waals surface area contributed by atoms with Crippen molar-refractivity contribution in [1.82, 2.24) is 15.1 Å². The molecule has 1 unspecified atom stereocenters. The van der Waals surface area contributed by atoms with Crippen LogP contribution in [0, 0.1) is 11.8 Å². The molecule has 2 aliphatic rings. The fourth-order valence-electron chi connectivity index (χ4n) is 3.68. The van der Waals surface area contributed by atoms with Crippen molar-refractivity contribution >= 4 is 11.8 Å². The van der Waals surface area contributed by atoms with Gasteiger partial charge in [-0.2, -0.15) is 0 Å². The molecule has 5 nitrogen and oxygen atoms in total. The fourth-order valence-corrected chi connectivity index (χ4v) is 3.68. The lowest BCUT2D eigenvalue weighted by Crippen LogP contribution is -2.48. The SMILES string of the molecule is CCC(=O)N1CCCC(C(=O)N2CCC(CCNC)CC2)C1. The Balaban J connectivity index is 1.80. The van der Waals surface area contributed by atoms with Crippen molar-refractivity contribution in [3.63, 3.8) is 0 Å². The molecular weight excluding hydrogens is 278 g/mol. The summed E-state index contributed by atoms with van der Waals surface area (Å²) in [7, 11) is 1.99. The molecule has 2 rings (SSSR count).